The molecule has 0 aromatic heterocycles. The smallest absolute Gasteiger partial charge is 0.347 e. The highest BCUT2D eigenvalue weighted by atomic mass is 16.6. The molecule has 0 bridgehead atoms. The van der Waals surface area contributed by atoms with E-state index in [0.717, 1.165) is 11.1 Å². The summed E-state index contributed by atoms with van der Waals surface area (Å²) in [4.78, 5) is 52.3. The second kappa shape index (κ2) is 15.7. The van der Waals surface area contributed by atoms with E-state index in [0.29, 0.717) is 25.0 Å². The van der Waals surface area contributed by atoms with Gasteiger partial charge in [0.2, 0.25) is 11.8 Å². The molecule has 2 N–H and O–H groups in total. The van der Waals surface area contributed by atoms with Crippen molar-refractivity contribution in [3.05, 3.63) is 65.7 Å². The molecule has 2 saturated heterocycles. The quantitative estimate of drug-likeness (QED) is 0.339. The fraction of sp³-hybridized carbons (Fsp3) is 0.529. The predicted octanol–water partition coefficient (Wildman–Crippen LogP) is 4.06. The summed E-state index contributed by atoms with van der Waals surface area (Å²) in [5.74, 6) is -1.34. The van der Waals surface area contributed by atoms with Crippen LogP contribution in [0.3, 0.4) is 0 Å². The fourth-order valence-electron chi connectivity index (χ4n) is 5.49. The lowest BCUT2D eigenvalue weighted by Crippen LogP contribution is -2.48. The molecule has 10 nitrogen and oxygen atoms in total. The molecule has 2 aliphatic heterocycles. The van der Waals surface area contributed by atoms with Crippen molar-refractivity contribution in [2.24, 2.45) is 11.8 Å². The lowest BCUT2D eigenvalue weighted by molar-refractivity contribution is -0.175. The van der Waals surface area contributed by atoms with E-state index < -0.39 is 36.1 Å². The zero-order valence-electron chi connectivity index (χ0n) is 26.0. The van der Waals surface area contributed by atoms with Gasteiger partial charge >= 0.3 is 11.9 Å². The molecule has 4 rings (SSSR count). The Kier molecular flexibility index (Phi) is 11.8. The summed E-state index contributed by atoms with van der Waals surface area (Å²) in [7, 11) is 1.58. The molecule has 44 heavy (non-hydrogen) atoms. The molecule has 1 unspecified atom stereocenters. The molecule has 2 fully saturated rings. The molecular formula is C34H44N2O8. The number of carbonyl (C=O) groups excluding carboxylic acids is 4. The van der Waals surface area contributed by atoms with Crippen LogP contribution in [0.2, 0.25) is 0 Å². The van der Waals surface area contributed by atoms with Crippen molar-refractivity contribution >= 4 is 23.8 Å². The molecule has 238 valence electrons. The van der Waals surface area contributed by atoms with Gasteiger partial charge in [-0.05, 0) is 48.4 Å². The molecule has 0 spiro atoms. The highest BCUT2D eigenvalue weighted by Crippen LogP contribution is 2.45. The van der Waals surface area contributed by atoms with E-state index in [1.165, 1.54) is 0 Å². The number of hydrogen-bond acceptors (Lipinski definition) is 8. The first kappa shape index (κ1) is 33.0. The average molecular weight is 609 g/mol. The Morgan fingerprint density at radius 3 is 2.34 bits per heavy atom. The topological polar surface area (TPSA) is 133 Å². The number of ether oxygens (including phenoxy) is 4. The van der Waals surface area contributed by atoms with Crippen molar-refractivity contribution < 1.29 is 38.1 Å². The van der Waals surface area contributed by atoms with Crippen LogP contribution in [-0.2, 0) is 39.8 Å². The third kappa shape index (κ3) is 9.54. The second-order valence-electron chi connectivity index (χ2n) is 12.0. The lowest BCUT2D eigenvalue weighted by Gasteiger charge is -2.27. The van der Waals surface area contributed by atoms with Crippen LogP contribution in [0, 0.1) is 11.8 Å². The number of methoxy groups -OCH3 is 1. The van der Waals surface area contributed by atoms with E-state index in [9.17, 15) is 19.2 Å². The molecule has 0 radical (unpaired) electrons. The third-order valence-electron chi connectivity index (χ3n) is 8.02. The van der Waals surface area contributed by atoms with Gasteiger partial charge in [0.1, 0.15) is 24.0 Å². The van der Waals surface area contributed by atoms with E-state index >= 15 is 0 Å². The number of cyclic esters (lactones) is 2. The molecule has 2 aliphatic rings. The van der Waals surface area contributed by atoms with Crippen LogP contribution in [0.15, 0.2) is 54.6 Å². The first-order valence-corrected chi connectivity index (χ1v) is 15.4. The van der Waals surface area contributed by atoms with E-state index in [1.54, 1.807) is 19.2 Å². The molecule has 2 aromatic carbocycles. The first-order valence-electron chi connectivity index (χ1n) is 15.4. The standard InChI is InChI=1S/C34H44N2O8/c1-21(2)19-28-34(40)43-27(22(3)31-32(44-31)24-9-6-5-7-10-24)11-8-12-29(37)36-26(33(39)35-18-17-30(38)42-28)20-23-13-15-25(41-4)16-14-23/h5-7,9-10,13-16,21-22,26-28,31-32H,8,11-12,17-20H2,1-4H3,(H,35,39)(H,36,37)/t22?,26-,27+,28+,31-,32-/m1/s1. The van der Waals surface area contributed by atoms with Crippen molar-refractivity contribution in [2.45, 2.75) is 89.8 Å². The van der Waals surface area contributed by atoms with Gasteiger partial charge in [0.15, 0.2) is 6.10 Å². The number of esters is 2. The van der Waals surface area contributed by atoms with Crippen LogP contribution in [-0.4, -0.2) is 61.8 Å². The number of epoxide rings is 1. The zero-order valence-corrected chi connectivity index (χ0v) is 26.0. The molecule has 2 heterocycles. The summed E-state index contributed by atoms with van der Waals surface area (Å²) in [6.07, 6.45) is -0.492. The van der Waals surface area contributed by atoms with Crippen molar-refractivity contribution in [1.29, 1.82) is 0 Å². The number of rotatable bonds is 8. The van der Waals surface area contributed by atoms with Crippen molar-refractivity contribution in [3.63, 3.8) is 0 Å². The summed E-state index contributed by atoms with van der Waals surface area (Å²) in [6.45, 7) is 5.84. The van der Waals surface area contributed by atoms with Crippen LogP contribution in [0.4, 0.5) is 0 Å². The van der Waals surface area contributed by atoms with Gasteiger partial charge < -0.3 is 29.6 Å². The average Bonchev–Trinajstić information content (AvgIpc) is 3.81. The fourth-order valence-corrected chi connectivity index (χ4v) is 5.49. The number of hydrogen-bond donors (Lipinski definition) is 2. The van der Waals surface area contributed by atoms with Crippen molar-refractivity contribution in [1.82, 2.24) is 10.6 Å². The van der Waals surface area contributed by atoms with Gasteiger partial charge in [0.05, 0.1) is 19.6 Å². The maximum Gasteiger partial charge on any atom is 0.347 e. The molecule has 10 heteroatoms. The van der Waals surface area contributed by atoms with Crippen LogP contribution >= 0.6 is 0 Å². The highest BCUT2D eigenvalue weighted by molar-refractivity contribution is 5.88. The van der Waals surface area contributed by atoms with E-state index in [1.807, 2.05) is 63.2 Å². The predicted molar refractivity (Wildman–Crippen MR) is 163 cm³/mol. The Bertz CT molecular complexity index is 1270. The van der Waals surface area contributed by atoms with E-state index in [2.05, 4.69) is 10.6 Å². The second-order valence-corrected chi connectivity index (χ2v) is 12.0. The number of benzene rings is 2. The Hall–Kier alpha value is -3.92. The summed E-state index contributed by atoms with van der Waals surface area (Å²) < 4.78 is 22.8. The Balaban J connectivity index is 1.50. The van der Waals surface area contributed by atoms with E-state index in [4.69, 9.17) is 18.9 Å². The Morgan fingerprint density at radius 1 is 0.932 bits per heavy atom. The minimum atomic E-state index is -1.07. The van der Waals surface area contributed by atoms with E-state index in [-0.39, 0.29) is 55.8 Å². The maximum atomic E-state index is 13.4. The number of nitrogens with one attached hydrogen (secondary N) is 2. The van der Waals surface area contributed by atoms with Gasteiger partial charge in [-0.3, -0.25) is 14.4 Å². The molecule has 0 saturated carbocycles. The van der Waals surface area contributed by atoms with Gasteiger partial charge in [0.25, 0.3) is 0 Å². The highest BCUT2D eigenvalue weighted by Gasteiger charge is 2.47. The van der Waals surface area contributed by atoms with Gasteiger partial charge in [0, 0.05) is 25.3 Å². The Labute approximate surface area is 259 Å². The lowest BCUT2D eigenvalue weighted by atomic mass is 9.92. The molecule has 2 aromatic rings. The van der Waals surface area contributed by atoms with Gasteiger partial charge in [-0.1, -0.05) is 63.2 Å². The largest absolute Gasteiger partial charge is 0.497 e. The van der Waals surface area contributed by atoms with Gasteiger partial charge in [-0.2, -0.15) is 0 Å². The number of carbonyl (C=O) groups is 4. The summed E-state index contributed by atoms with van der Waals surface area (Å²) in [6, 6.07) is 16.3. The molecular weight excluding hydrogens is 564 g/mol. The first-order chi connectivity index (χ1) is 21.1. The minimum Gasteiger partial charge on any atom is -0.497 e. The summed E-state index contributed by atoms with van der Waals surface area (Å²) >= 11 is 0. The van der Waals surface area contributed by atoms with Crippen LogP contribution in [0.1, 0.15) is 70.1 Å². The zero-order chi connectivity index (χ0) is 31.6. The van der Waals surface area contributed by atoms with Crippen LogP contribution in [0.5, 0.6) is 5.75 Å². The monoisotopic (exact) mass is 608 g/mol. The molecule has 6 atom stereocenters. The molecule has 2 amide bonds. The van der Waals surface area contributed by atoms with Crippen molar-refractivity contribution in [2.75, 3.05) is 13.7 Å². The summed E-state index contributed by atoms with van der Waals surface area (Å²) in [5, 5.41) is 5.58. The summed E-state index contributed by atoms with van der Waals surface area (Å²) in [5.41, 5.74) is 1.89. The van der Waals surface area contributed by atoms with Crippen LogP contribution < -0.4 is 15.4 Å². The normalized spacial score (nSPS) is 26.2. The van der Waals surface area contributed by atoms with Crippen molar-refractivity contribution in [3.8, 4) is 5.75 Å². The third-order valence-corrected chi connectivity index (χ3v) is 8.02. The molecule has 0 aliphatic carbocycles. The Morgan fingerprint density at radius 2 is 1.66 bits per heavy atom. The number of amides is 2. The maximum absolute atomic E-state index is 13.4. The van der Waals surface area contributed by atoms with Gasteiger partial charge in [-0.15, -0.1) is 0 Å². The minimum absolute atomic E-state index is 0.00432. The SMILES string of the molecule is COc1ccc(C[C@H]2NC(=O)CCC[C@@H](C(C)[C@H]3O[C@@H]3c3ccccc3)OC(=O)[C@H](CC(C)C)OC(=O)CCNC2=O)cc1. The van der Waals surface area contributed by atoms with Gasteiger partial charge in [-0.25, -0.2) is 4.79 Å². The van der Waals surface area contributed by atoms with Crippen LogP contribution in [0.25, 0.3) is 0 Å².